The Bertz CT molecular complexity index is 572. The van der Waals surface area contributed by atoms with E-state index in [4.69, 9.17) is 16.3 Å². The molecule has 4 heteroatoms. The van der Waals surface area contributed by atoms with E-state index in [1.54, 1.807) is 13.3 Å². The van der Waals surface area contributed by atoms with Gasteiger partial charge in [-0.25, -0.2) is 0 Å². The maximum Gasteiger partial charge on any atom is 0.137 e. The lowest BCUT2D eigenvalue weighted by atomic mass is 9.97. The predicted octanol–water partition coefficient (Wildman–Crippen LogP) is 3.36. The van der Waals surface area contributed by atoms with Crippen molar-refractivity contribution in [3.8, 4) is 5.75 Å². The number of nitrogens with one attached hydrogen (secondary N) is 1. The Labute approximate surface area is 118 Å². The molecule has 1 aromatic heterocycles. The second kappa shape index (κ2) is 6.04. The highest BCUT2D eigenvalue weighted by molar-refractivity contribution is 6.32. The van der Waals surface area contributed by atoms with Gasteiger partial charge in [-0.3, -0.25) is 4.98 Å². The highest BCUT2D eigenvalue weighted by Crippen LogP contribution is 2.30. The number of rotatable bonds is 4. The van der Waals surface area contributed by atoms with E-state index in [2.05, 4.69) is 16.4 Å². The van der Waals surface area contributed by atoms with E-state index in [1.165, 1.54) is 0 Å². The van der Waals surface area contributed by atoms with Gasteiger partial charge in [0, 0.05) is 11.9 Å². The summed E-state index contributed by atoms with van der Waals surface area (Å²) in [5.41, 5.74) is 3.25. The fourth-order valence-electron chi connectivity index (χ4n) is 2.16. The van der Waals surface area contributed by atoms with Crippen molar-refractivity contribution in [3.05, 3.63) is 58.4 Å². The molecular formula is C15H17ClN2O. The molecule has 0 amide bonds. The molecule has 0 spiro atoms. The van der Waals surface area contributed by atoms with Crippen molar-refractivity contribution >= 4 is 11.6 Å². The first-order valence-electron chi connectivity index (χ1n) is 6.09. The normalized spacial score (nSPS) is 12.2. The quantitative estimate of drug-likeness (QED) is 0.930. The Morgan fingerprint density at radius 3 is 2.74 bits per heavy atom. The summed E-state index contributed by atoms with van der Waals surface area (Å²) in [5.74, 6) is 0.681. The Hall–Kier alpha value is -1.58. The molecule has 0 fully saturated rings. The van der Waals surface area contributed by atoms with Gasteiger partial charge in [-0.1, -0.05) is 23.7 Å². The topological polar surface area (TPSA) is 34.1 Å². The van der Waals surface area contributed by atoms with Crippen LogP contribution in [-0.4, -0.2) is 19.1 Å². The number of ether oxygens (including phenoxy) is 1. The molecule has 1 atom stereocenters. The summed E-state index contributed by atoms with van der Waals surface area (Å²) in [5, 5.41) is 3.92. The van der Waals surface area contributed by atoms with Crippen LogP contribution in [0.1, 0.15) is 22.9 Å². The lowest BCUT2D eigenvalue weighted by molar-refractivity contribution is 0.414. The van der Waals surface area contributed by atoms with Gasteiger partial charge in [-0.15, -0.1) is 0 Å². The van der Waals surface area contributed by atoms with Crippen molar-refractivity contribution in [1.82, 2.24) is 10.3 Å². The standard InChI is InChI=1S/C15H17ClN2O/c1-10-12(5-4-8-18-10)15(17-2)11-6-7-13(16)14(9-11)19-3/h4-9,15,17H,1-3H3. The van der Waals surface area contributed by atoms with Gasteiger partial charge >= 0.3 is 0 Å². The summed E-state index contributed by atoms with van der Waals surface area (Å²) in [7, 11) is 3.55. The zero-order chi connectivity index (χ0) is 13.8. The highest BCUT2D eigenvalue weighted by atomic mass is 35.5. The van der Waals surface area contributed by atoms with E-state index in [0.29, 0.717) is 10.8 Å². The Kier molecular flexibility index (Phi) is 4.40. The first-order valence-corrected chi connectivity index (χ1v) is 6.47. The monoisotopic (exact) mass is 276 g/mol. The third-order valence-electron chi connectivity index (χ3n) is 3.16. The second-order valence-corrected chi connectivity index (χ2v) is 4.70. The van der Waals surface area contributed by atoms with E-state index in [1.807, 2.05) is 38.2 Å². The first kappa shape index (κ1) is 13.8. The molecule has 1 aromatic carbocycles. The van der Waals surface area contributed by atoms with Gasteiger partial charge in [-0.2, -0.15) is 0 Å². The summed E-state index contributed by atoms with van der Waals surface area (Å²) < 4.78 is 5.27. The molecule has 2 aromatic rings. The van der Waals surface area contributed by atoms with E-state index in [9.17, 15) is 0 Å². The van der Waals surface area contributed by atoms with Gasteiger partial charge in [0.15, 0.2) is 0 Å². The summed E-state index contributed by atoms with van der Waals surface area (Å²) in [4.78, 5) is 4.34. The number of nitrogens with zero attached hydrogens (tertiary/aromatic N) is 1. The SMILES string of the molecule is CNC(c1ccc(Cl)c(OC)c1)c1cccnc1C. The third kappa shape index (κ3) is 2.88. The second-order valence-electron chi connectivity index (χ2n) is 4.29. The molecule has 2 rings (SSSR count). The van der Waals surface area contributed by atoms with Crippen LogP contribution in [0, 0.1) is 6.92 Å². The summed E-state index contributed by atoms with van der Waals surface area (Å²) in [6.07, 6.45) is 1.80. The molecule has 0 radical (unpaired) electrons. The fraction of sp³-hybridized carbons (Fsp3) is 0.267. The molecular weight excluding hydrogens is 260 g/mol. The Balaban J connectivity index is 2.45. The van der Waals surface area contributed by atoms with Gasteiger partial charge < -0.3 is 10.1 Å². The van der Waals surface area contributed by atoms with Crippen LogP contribution in [0.3, 0.4) is 0 Å². The van der Waals surface area contributed by atoms with Crippen LogP contribution in [0.15, 0.2) is 36.5 Å². The van der Waals surface area contributed by atoms with Gasteiger partial charge in [0.05, 0.1) is 18.2 Å². The zero-order valence-electron chi connectivity index (χ0n) is 11.3. The third-order valence-corrected chi connectivity index (χ3v) is 3.47. The largest absolute Gasteiger partial charge is 0.495 e. The molecule has 0 bridgehead atoms. The number of halogens is 1. The van der Waals surface area contributed by atoms with E-state index < -0.39 is 0 Å². The van der Waals surface area contributed by atoms with Crippen LogP contribution >= 0.6 is 11.6 Å². The van der Waals surface area contributed by atoms with Crippen LogP contribution in [-0.2, 0) is 0 Å². The van der Waals surface area contributed by atoms with Crippen molar-refractivity contribution in [2.24, 2.45) is 0 Å². The fourth-order valence-corrected chi connectivity index (χ4v) is 2.35. The Morgan fingerprint density at radius 2 is 2.11 bits per heavy atom. The smallest absolute Gasteiger partial charge is 0.137 e. The van der Waals surface area contributed by atoms with Crippen LogP contribution < -0.4 is 10.1 Å². The first-order chi connectivity index (χ1) is 9.17. The van der Waals surface area contributed by atoms with E-state index in [-0.39, 0.29) is 6.04 Å². The molecule has 0 saturated heterocycles. The maximum atomic E-state index is 6.06. The van der Waals surface area contributed by atoms with Gasteiger partial charge in [0.1, 0.15) is 5.75 Å². The Morgan fingerprint density at radius 1 is 1.32 bits per heavy atom. The van der Waals surface area contributed by atoms with Gasteiger partial charge in [0.2, 0.25) is 0 Å². The van der Waals surface area contributed by atoms with Crippen molar-refractivity contribution in [2.45, 2.75) is 13.0 Å². The summed E-state index contributed by atoms with van der Waals surface area (Å²) in [6.45, 7) is 2.01. The number of aromatic nitrogens is 1. The average Bonchev–Trinajstić information content (AvgIpc) is 2.43. The minimum absolute atomic E-state index is 0.0693. The number of benzene rings is 1. The van der Waals surface area contributed by atoms with Crippen molar-refractivity contribution in [3.63, 3.8) is 0 Å². The van der Waals surface area contributed by atoms with Gasteiger partial charge in [-0.05, 0) is 43.3 Å². The number of hydrogen-bond donors (Lipinski definition) is 1. The predicted molar refractivity (Wildman–Crippen MR) is 77.9 cm³/mol. The minimum atomic E-state index is 0.0693. The number of hydrogen-bond acceptors (Lipinski definition) is 3. The van der Waals surface area contributed by atoms with Crippen molar-refractivity contribution in [1.29, 1.82) is 0 Å². The lowest BCUT2D eigenvalue weighted by Crippen LogP contribution is -2.19. The van der Waals surface area contributed by atoms with Crippen LogP contribution in [0.2, 0.25) is 5.02 Å². The molecule has 100 valence electrons. The minimum Gasteiger partial charge on any atom is -0.495 e. The highest BCUT2D eigenvalue weighted by Gasteiger charge is 2.16. The van der Waals surface area contributed by atoms with Gasteiger partial charge in [0.25, 0.3) is 0 Å². The molecule has 0 saturated carbocycles. The lowest BCUT2D eigenvalue weighted by Gasteiger charge is -2.19. The van der Waals surface area contributed by atoms with Crippen LogP contribution in [0.4, 0.5) is 0 Å². The molecule has 0 aliphatic rings. The molecule has 1 heterocycles. The number of pyridine rings is 1. The summed E-state index contributed by atoms with van der Waals surface area (Å²) in [6, 6.07) is 9.89. The molecule has 0 aliphatic carbocycles. The van der Waals surface area contributed by atoms with Crippen molar-refractivity contribution < 1.29 is 4.74 Å². The molecule has 1 N–H and O–H groups in total. The molecule has 1 unspecified atom stereocenters. The summed E-state index contributed by atoms with van der Waals surface area (Å²) >= 11 is 6.06. The number of methoxy groups -OCH3 is 1. The molecule has 3 nitrogen and oxygen atoms in total. The van der Waals surface area contributed by atoms with Crippen molar-refractivity contribution in [2.75, 3.05) is 14.2 Å². The molecule has 19 heavy (non-hydrogen) atoms. The molecule has 0 aliphatic heterocycles. The van der Waals surface area contributed by atoms with E-state index >= 15 is 0 Å². The number of aryl methyl sites for hydroxylation is 1. The van der Waals surface area contributed by atoms with E-state index in [0.717, 1.165) is 16.8 Å². The average molecular weight is 277 g/mol. The van der Waals surface area contributed by atoms with Crippen LogP contribution in [0.5, 0.6) is 5.75 Å². The maximum absolute atomic E-state index is 6.06. The zero-order valence-corrected chi connectivity index (χ0v) is 12.0. The van der Waals surface area contributed by atoms with Crippen LogP contribution in [0.25, 0.3) is 0 Å².